The van der Waals surface area contributed by atoms with Crippen LogP contribution < -0.4 is 11.1 Å². The zero-order valence-electron chi connectivity index (χ0n) is 13.7. The molecule has 122 valence electrons. The first kappa shape index (κ1) is 16.0. The number of nitrogens with two attached hydrogens (primary N) is 1. The summed E-state index contributed by atoms with van der Waals surface area (Å²) < 4.78 is 0. The summed E-state index contributed by atoms with van der Waals surface area (Å²) in [7, 11) is 0. The molecule has 0 spiro atoms. The quantitative estimate of drug-likeness (QED) is 0.806. The largest absolute Gasteiger partial charge is 0.399 e. The first-order valence-electron chi connectivity index (χ1n) is 8.64. The van der Waals surface area contributed by atoms with Crippen molar-refractivity contribution in [2.45, 2.75) is 31.8 Å². The van der Waals surface area contributed by atoms with Crippen LogP contribution in [-0.2, 0) is 13.0 Å². The smallest absolute Gasteiger partial charge is 0.0314 e. The molecule has 1 aliphatic rings. The van der Waals surface area contributed by atoms with Crippen LogP contribution in [0.25, 0.3) is 0 Å². The first-order chi connectivity index (χ1) is 11.3. The fourth-order valence-corrected chi connectivity index (χ4v) is 3.24. The highest BCUT2D eigenvalue weighted by atomic mass is 15.1. The van der Waals surface area contributed by atoms with E-state index in [1.807, 2.05) is 12.1 Å². The highest BCUT2D eigenvalue weighted by Crippen LogP contribution is 2.14. The van der Waals surface area contributed by atoms with Crippen LogP contribution >= 0.6 is 0 Å². The number of hydrogen-bond acceptors (Lipinski definition) is 3. The summed E-state index contributed by atoms with van der Waals surface area (Å²) in [5.41, 5.74) is 9.33. The molecule has 0 amide bonds. The fraction of sp³-hybridized carbons (Fsp3) is 0.400. The van der Waals surface area contributed by atoms with Gasteiger partial charge in [-0.05, 0) is 62.2 Å². The van der Waals surface area contributed by atoms with Crippen LogP contribution in [0.3, 0.4) is 0 Å². The minimum atomic E-state index is 0.663. The molecule has 1 heterocycles. The van der Waals surface area contributed by atoms with Crippen molar-refractivity contribution in [2.75, 3.05) is 25.4 Å². The van der Waals surface area contributed by atoms with Gasteiger partial charge in [-0.25, -0.2) is 0 Å². The maximum Gasteiger partial charge on any atom is 0.0314 e. The van der Waals surface area contributed by atoms with E-state index in [2.05, 4.69) is 52.7 Å². The summed E-state index contributed by atoms with van der Waals surface area (Å²) >= 11 is 0. The SMILES string of the molecule is Nc1ccc(CCNC2CCN(Cc3ccccc3)CC2)cc1. The Morgan fingerprint density at radius 1 is 0.913 bits per heavy atom. The number of nitrogen functional groups attached to an aromatic ring is 1. The van der Waals surface area contributed by atoms with Gasteiger partial charge in [0.15, 0.2) is 0 Å². The van der Waals surface area contributed by atoms with Crippen LogP contribution in [0.1, 0.15) is 24.0 Å². The van der Waals surface area contributed by atoms with Crippen LogP contribution in [0.15, 0.2) is 54.6 Å². The molecule has 3 rings (SSSR count). The van der Waals surface area contributed by atoms with Gasteiger partial charge in [0.2, 0.25) is 0 Å². The molecule has 0 unspecified atom stereocenters. The first-order valence-corrected chi connectivity index (χ1v) is 8.64. The Morgan fingerprint density at radius 2 is 1.61 bits per heavy atom. The highest BCUT2D eigenvalue weighted by molar-refractivity contribution is 5.39. The second kappa shape index (κ2) is 8.14. The number of piperidine rings is 1. The van der Waals surface area contributed by atoms with E-state index < -0.39 is 0 Å². The van der Waals surface area contributed by atoms with Crippen molar-refractivity contribution < 1.29 is 0 Å². The molecule has 0 aromatic heterocycles. The van der Waals surface area contributed by atoms with Crippen LogP contribution in [-0.4, -0.2) is 30.6 Å². The normalized spacial score (nSPS) is 16.5. The molecule has 0 atom stereocenters. The van der Waals surface area contributed by atoms with Gasteiger partial charge in [-0.15, -0.1) is 0 Å². The molecule has 0 saturated carbocycles. The predicted octanol–water partition coefficient (Wildman–Crippen LogP) is 3.07. The van der Waals surface area contributed by atoms with Crippen LogP contribution in [0.2, 0.25) is 0 Å². The number of rotatable bonds is 6. The summed E-state index contributed by atoms with van der Waals surface area (Å²) in [6.45, 7) is 4.51. The molecular weight excluding hydrogens is 282 g/mol. The Kier molecular flexibility index (Phi) is 5.67. The number of anilines is 1. The molecule has 1 saturated heterocycles. The Balaban J connectivity index is 1.35. The minimum absolute atomic E-state index is 0.663. The second-order valence-corrected chi connectivity index (χ2v) is 6.48. The van der Waals surface area contributed by atoms with Gasteiger partial charge < -0.3 is 11.1 Å². The van der Waals surface area contributed by atoms with Gasteiger partial charge in [0, 0.05) is 18.3 Å². The third kappa shape index (κ3) is 5.08. The van der Waals surface area contributed by atoms with E-state index in [0.717, 1.165) is 25.2 Å². The molecule has 23 heavy (non-hydrogen) atoms. The lowest BCUT2D eigenvalue weighted by Gasteiger charge is -2.32. The topological polar surface area (TPSA) is 41.3 Å². The van der Waals surface area contributed by atoms with Gasteiger partial charge in [-0.3, -0.25) is 4.90 Å². The summed E-state index contributed by atoms with van der Waals surface area (Å²) in [5, 5.41) is 3.71. The van der Waals surface area contributed by atoms with E-state index in [-0.39, 0.29) is 0 Å². The zero-order chi connectivity index (χ0) is 15.9. The van der Waals surface area contributed by atoms with E-state index in [4.69, 9.17) is 5.73 Å². The average Bonchev–Trinajstić information content (AvgIpc) is 2.59. The monoisotopic (exact) mass is 309 g/mol. The molecule has 3 heteroatoms. The van der Waals surface area contributed by atoms with E-state index in [9.17, 15) is 0 Å². The summed E-state index contributed by atoms with van der Waals surface area (Å²) in [6, 6.07) is 19.7. The van der Waals surface area contributed by atoms with Crippen molar-refractivity contribution in [1.29, 1.82) is 0 Å². The highest BCUT2D eigenvalue weighted by Gasteiger charge is 2.18. The van der Waals surface area contributed by atoms with Crippen molar-refractivity contribution in [3.8, 4) is 0 Å². The van der Waals surface area contributed by atoms with E-state index >= 15 is 0 Å². The van der Waals surface area contributed by atoms with E-state index in [1.165, 1.54) is 37.1 Å². The molecule has 1 fully saturated rings. The van der Waals surface area contributed by atoms with Crippen molar-refractivity contribution in [1.82, 2.24) is 10.2 Å². The van der Waals surface area contributed by atoms with E-state index in [1.54, 1.807) is 0 Å². The molecule has 2 aromatic rings. The molecule has 3 N–H and O–H groups in total. The lowest BCUT2D eigenvalue weighted by Crippen LogP contribution is -2.42. The molecule has 3 nitrogen and oxygen atoms in total. The fourth-order valence-electron chi connectivity index (χ4n) is 3.24. The van der Waals surface area contributed by atoms with Crippen molar-refractivity contribution in [3.63, 3.8) is 0 Å². The maximum absolute atomic E-state index is 5.72. The molecule has 1 aliphatic heterocycles. The van der Waals surface area contributed by atoms with Gasteiger partial charge in [-0.2, -0.15) is 0 Å². The predicted molar refractivity (Wildman–Crippen MR) is 97.3 cm³/mol. The van der Waals surface area contributed by atoms with Crippen molar-refractivity contribution in [2.24, 2.45) is 0 Å². The minimum Gasteiger partial charge on any atom is -0.399 e. The molecular formula is C20H27N3. The molecule has 2 aromatic carbocycles. The molecule has 0 bridgehead atoms. The standard InChI is InChI=1S/C20H27N3/c21-19-8-6-17(7-9-19)10-13-22-20-11-14-23(15-12-20)16-18-4-2-1-3-5-18/h1-9,20,22H,10-16,21H2. The van der Waals surface area contributed by atoms with Crippen LogP contribution in [0.5, 0.6) is 0 Å². The Morgan fingerprint density at radius 3 is 2.30 bits per heavy atom. The zero-order valence-corrected chi connectivity index (χ0v) is 13.7. The lowest BCUT2D eigenvalue weighted by molar-refractivity contribution is 0.191. The third-order valence-electron chi connectivity index (χ3n) is 4.66. The Labute approximate surface area is 139 Å². The van der Waals surface area contributed by atoms with Gasteiger partial charge in [0.1, 0.15) is 0 Å². The van der Waals surface area contributed by atoms with Crippen molar-refractivity contribution in [3.05, 3.63) is 65.7 Å². The molecule has 0 radical (unpaired) electrons. The number of likely N-dealkylation sites (tertiary alicyclic amines) is 1. The average molecular weight is 309 g/mol. The summed E-state index contributed by atoms with van der Waals surface area (Å²) in [4.78, 5) is 2.56. The van der Waals surface area contributed by atoms with Crippen molar-refractivity contribution >= 4 is 5.69 Å². The number of nitrogens with zero attached hydrogens (tertiary/aromatic N) is 1. The molecule has 0 aliphatic carbocycles. The summed E-state index contributed by atoms with van der Waals surface area (Å²) in [5.74, 6) is 0. The third-order valence-corrected chi connectivity index (χ3v) is 4.66. The van der Waals surface area contributed by atoms with Gasteiger partial charge in [-0.1, -0.05) is 42.5 Å². The maximum atomic E-state index is 5.72. The van der Waals surface area contributed by atoms with Gasteiger partial charge >= 0.3 is 0 Å². The Bertz CT molecular complexity index is 572. The van der Waals surface area contributed by atoms with E-state index in [0.29, 0.717) is 6.04 Å². The van der Waals surface area contributed by atoms with Crippen LogP contribution in [0, 0.1) is 0 Å². The summed E-state index contributed by atoms with van der Waals surface area (Å²) in [6.07, 6.45) is 3.56. The lowest BCUT2D eigenvalue weighted by atomic mass is 10.0. The van der Waals surface area contributed by atoms with Gasteiger partial charge in [0.05, 0.1) is 0 Å². The van der Waals surface area contributed by atoms with Gasteiger partial charge in [0.25, 0.3) is 0 Å². The number of benzene rings is 2. The number of nitrogens with one attached hydrogen (secondary N) is 1. The Hall–Kier alpha value is -1.84. The van der Waals surface area contributed by atoms with Crippen LogP contribution in [0.4, 0.5) is 5.69 Å². The second-order valence-electron chi connectivity index (χ2n) is 6.48. The number of hydrogen-bond donors (Lipinski definition) is 2.